The summed E-state index contributed by atoms with van der Waals surface area (Å²) in [7, 11) is 0. The van der Waals surface area contributed by atoms with E-state index < -0.39 is 11.2 Å². The zero-order valence-corrected chi connectivity index (χ0v) is 18.5. The van der Waals surface area contributed by atoms with Crippen molar-refractivity contribution in [2.75, 3.05) is 26.2 Å². The van der Waals surface area contributed by atoms with Crippen molar-refractivity contribution in [1.82, 2.24) is 19.0 Å². The van der Waals surface area contributed by atoms with Gasteiger partial charge in [-0.1, -0.05) is 0 Å². The number of alkyl halides is 3. The molecule has 1 aliphatic rings. The van der Waals surface area contributed by atoms with Crippen LogP contribution in [0.2, 0.25) is 0 Å². The lowest BCUT2D eigenvalue weighted by molar-refractivity contribution is -0.0328. The third-order valence-electron chi connectivity index (χ3n) is 5.34. The zero-order valence-electron chi connectivity index (χ0n) is 17.7. The number of ether oxygens (including phenoxy) is 1. The smallest absolute Gasteiger partial charge is 0.446 e. The van der Waals surface area contributed by atoms with Gasteiger partial charge in [0.1, 0.15) is 12.4 Å². The fourth-order valence-electron chi connectivity index (χ4n) is 3.78. The number of benzene rings is 1. The van der Waals surface area contributed by atoms with E-state index in [1.165, 1.54) is 47.9 Å². The molecule has 33 heavy (non-hydrogen) atoms. The number of halogens is 3. The van der Waals surface area contributed by atoms with E-state index in [0.29, 0.717) is 12.4 Å². The maximum absolute atomic E-state index is 12.9. The summed E-state index contributed by atoms with van der Waals surface area (Å²) < 4.78 is 45.9. The first-order valence-corrected chi connectivity index (χ1v) is 11.3. The van der Waals surface area contributed by atoms with Gasteiger partial charge in [0.25, 0.3) is 0 Å². The minimum absolute atomic E-state index is 0.00859. The molecule has 3 aromatic rings. The molecule has 176 valence electrons. The number of rotatable bonds is 8. The standard InChI is InChI=1S/C22H23F3N4O3S/c23-22(24,25)33-18-5-3-17(4-6-18)29-20(30)15-28(21(29)31)14-16-7-8-26-13-19(16)32-12-11-27-9-1-2-10-27/h3-8,13,15,30H,1-2,9-12,14H2. The maximum Gasteiger partial charge on any atom is 0.446 e. The summed E-state index contributed by atoms with van der Waals surface area (Å²) in [6.07, 6.45) is 6.88. The first-order valence-electron chi connectivity index (χ1n) is 10.5. The van der Waals surface area contributed by atoms with Gasteiger partial charge in [0.15, 0.2) is 0 Å². The number of nitrogens with zero attached hydrogens (tertiary/aromatic N) is 4. The Bertz CT molecular complexity index is 1140. The second-order valence-electron chi connectivity index (χ2n) is 7.66. The first kappa shape index (κ1) is 23.2. The van der Waals surface area contributed by atoms with Crippen molar-refractivity contribution < 1.29 is 23.0 Å². The highest BCUT2D eigenvalue weighted by Gasteiger charge is 2.29. The number of aromatic nitrogens is 3. The van der Waals surface area contributed by atoms with Crippen molar-refractivity contribution in [2.24, 2.45) is 0 Å². The van der Waals surface area contributed by atoms with Crippen molar-refractivity contribution in [1.29, 1.82) is 0 Å². The van der Waals surface area contributed by atoms with Crippen LogP contribution < -0.4 is 10.4 Å². The minimum Gasteiger partial charge on any atom is -0.493 e. The highest BCUT2D eigenvalue weighted by atomic mass is 32.2. The molecule has 1 aliphatic heterocycles. The Kier molecular flexibility index (Phi) is 6.99. The molecule has 0 aliphatic carbocycles. The van der Waals surface area contributed by atoms with E-state index in [0.717, 1.165) is 29.8 Å². The van der Waals surface area contributed by atoms with E-state index in [1.807, 2.05) is 0 Å². The Morgan fingerprint density at radius 3 is 2.55 bits per heavy atom. The molecule has 0 amide bonds. The van der Waals surface area contributed by atoms with Crippen LogP contribution in [0.3, 0.4) is 0 Å². The van der Waals surface area contributed by atoms with Crippen LogP contribution in [0.4, 0.5) is 13.2 Å². The van der Waals surface area contributed by atoms with E-state index >= 15 is 0 Å². The Morgan fingerprint density at radius 1 is 1.12 bits per heavy atom. The highest BCUT2D eigenvalue weighted by molar-refractivity contribution is 8.00. The topological polar surface area (TPSA) is 72.5 Å². The molecule has 1 fully saturated rings. The van der Waals surface area contributed by atoms with Gasteiger partial charge in [-0.2, -0.15) is 13.2 Å². The Hall–Kier alpha value is -2.92. The lowest BCUT2D eigenvalue weighted by Crippen LogP contribution is -2.26. The Labute approximate surface area is 192 Å². The summed E-state index contributed by atoms with van der Waals surface area (Å²) >= 11 is -0.242. The van der Waals surface area contributed by atoms with Gasteiger partial charge < -0.3 is 9.84 Å². The molecule has 1 saturated heterocycles. The van der Waals surface area contributed by atoms with Gasteiger partial charge >= 0.3 is 11.2 Å². The first-order chi connectivity index (χ1) is 15.8. The summed E-state index contributed by atoms with van der Waals surface area (Å²) in [6, 6.07) is 6.98. The summed E-state index contributed by atoms with van der Waals surface area (Å²) in [5.41, 5.74) is -3.94. The van der Waals surface area contributed by atoms with Crippen molar-refractivity contribution in [3.8, 4) is 17.3 Å². The summed E-state index contributed by atoms with van der Waals surface area (Å²) in [4.78, 5) is 19.3. The molecule has 0 unspecified atom stereocenters. The molecule has 2 aromatic heterocycles. The van der Waals surface area contributed by atoms with Crippen molar-refractivity contribution in [3.63, 3.8) is 0 Å². The van der Waals surface area contributed by atoms with Gasteiger partial charge in [0, 0.05) is 23.2 Å². The molecule has 0 atom stereocenters. The molecular weight excluding hydrogens is 457 g/mol. The molecule has 1 aromatic carbocycles. The van der Waals surface area contributed by atoms with Crippen LogP contribution in [0.25, 0.3) is 5.69 Å². The summed E-state index contributed by atoms with van der Waals surface area (Å²) in [6.45, 7) is 3.60. The molecule has 0 radical (unpaired) electrons. The van der Waals surface area contributed by atoms with E-state index in [1.54, 1.807) is 18.5 Å². The summed E-state index contributed by atoms with van der Waals surface area (Å²) in [5.74, 6) is 0.242. The number of pyridine rings is 1. The van der Waals surface area contributed by atoms with Gasteiger partial charge in [-0.05, 0) is 68.0 Å². The van der Waals surface area contributed by atoms with E-state index in [4.69, 9.17) is 4.74 Å². The second-order valence-corrected chi connectivity index (χ2v) is 8.79. The molecule has 0 saturated carbocycles. The van der Waals surface area contributed by atoms with Gasteiger partial charge in [-0.15, -0.1) is 0 Å². The van der Waals surface area contributed by atoms with Gasteiger partial charge in [0.2, 0.25) is 5.88 Å². The lowest BCUT2D eigenvalue weighted by Gasteiger charge is -2.16. The predicted molar refractivity (Wildman–Crippen MR) is 118 cm³/mol. The van der Waals surface area contributed by atoms with Crippen LogP contribution in [0.5, 0.6) is 11.6 Å². The number of likely N-dealkylation sites (tertiary alicyclic amines) is 1. The lowest BCUT2D eigenvalue weighted by atomic mass is 10.2. The fourth-order valence-corrected chi connectivity index (χ4v) is 4.31. The third kappa shape index (κ3) is 5.91. The van der Waals surface area contributed by atoms with E-state index in [9.17, 15) is 23.1 Å². The SMILES string of the molecule is O=c1n(Cc2ccncc2OCCN2CCCC2)cc(O)n1-c1ccc(SC(F)(F)F)cc1. The Morgan fingerprint density at radius 2 is 1.85 bits per heavy atom. The zero-order chi connectivity index (χ0) is 23.4. The largest absolute Gasteiger partial charge is 0.493 e. The molecule has 7 nitrogen and oxygen atoms in total. The Balaban J connectivity index is 1.49. The van der Waals surface area contributed by atoms with Crippen molar-refractivity contribution in [2.45, 2.75) is 29.8 Å². The molecule has 3 heterocycles. The number of thioether (sulfide) groups is 1. The molecule has 1 N–H and O–H groups in total. The van der Waals surface area contributed by atoms with Crippen LogP contribution in [-0.4, -0.2) is 55.9 Å². The second kappa shape index (κ2) is 9.92. The molecule has 0 spiro atoms. The van der Waals surface area contributed by atoms with Gasteiger partial charge in [-0.25, -0.2) is 9.36 Å². The molecule has 0 bridgehead atoms. The normalized spacial score (nSPS) is 14.6. The number of imidazole rings is 1. The average Bonchev–Trinajstić information content (AvgIpc) is 3.37. The quantitative estimate of drug-likeness (QED) is 0.494. The number of hydrogen-bond donors (Lipinski definition) is 1. The monoisotopic (exact) mass is 480 g/mol. The van der Waals surface area contributed by atoms with Crippen LogP contribution >= 0.6 is 11.8 Å². The highest BCUT2D eigenvalue weighted by Crippen LogP contribution is 2.37. The van der Waals surface area contributed by atoms with Crippen LogP contribution in [-0.2, 0) is 6.54 Å². The fraction of sp³-hybridized carbons (Fsp3) is 0.364. The van der Waals surface area contributed by atoms with Crippen molar-refractivity contribution >= 4 is 11.8 Å². The van der Waals surface area contributed by atoms with Crippen LogP contribution in [0.1, 0.15) is 18.4 Å². The predicted octanol–water partition coefficient (Wildman–Crippen LogP) is 3.87. The number of aromatic hydroxyl groups is 1. The molecular formula is C22H23F3N4O3S. The average molecular weight is 481 g/mol. The van der Waals surface area contributed by atoms with Crippen LogP contribution in [0, 0.1) is 0 Å². The van der Waals surface area contributed by atoms with E-state index in [2.05, 4.69) is 9.88 Å². The van der Waals surface area contributed by atoms with Gasteiger partial charge in [0.05, 0.1) is 24.6 Å². The van der Waals surface area contributed by atoms with Crippen LogP contribution in [0.15, 0.2) is 58.6 Å². The van der Waals surface area contributed by atoms with Gasteiger partial charge in [-0.3, -0.25) is 14.5 Å². The molecule has 11 heteroatoms. The van der Waals surface area contributed by atoms with E-state index in [-0.39, 0.29) is 34.8 Å². The number of hydrogen-bond acceptors (Lipinski definition) is 6. The van der Waals surface area contributed by atoms with Crippen molar-refractivity contribution in [3.05, 3.63) is 65.0 Å². The minimum atomic E-state index is -4.40. The summed E-state index contributed by atoms with van der Waals surface area (Å²) in [5, 5.41) is 10.3. The molecule has 4 rings (SSSR count). The maximum atomic E-state index is 12.9. The third-order valence-corrected chi connectivity index (χ3v) is 6.08.